The van der Waals surface area contributed by atoms with E-state index < -0.39 is 8.07 Å². The Hall–Kier alpha value is -0.983. The highest BCUT2D eigenvalue weighted by molar-refractivity contribution is 8.93. The van der Waals surface area contributed by atoms with Crippen molar-refractivity contribution in [3.05, 3.63) is 45.2 Å². The van der Waals surface area contributed by atoms with E-state index in [4.69, 9.17) is 5.41 Å². The van der Waals surface area contributed by atoms with Crippen LogP contribution >= 0.6 is 28.3 Å². The Kier molecular flexibility index (Phi) is 6.04. The Labute approximate surface area is 159 Å². The lowest BCUT2D eigenvalue weighted by atomic mass is 10.0. The molecule has 0 radical (unpaired) electrons. The predicted octanol–water partition coefficient (Wildman–Crippen LogP) is 3.91. The van der Waals surface area contributed by atoms with Crippen LogP contribution in [-0.4, -0.2) is 18.4 Å². The van der Waals surface area contributed by atoms with Gasteiger partial charge in [0.1, 0.15) is 0 Å². The minimum Gasteiger partial charge on any atom is -0.313 e. The van der Waals surface area contributed by atoms with Crippen LogP contribution in [0.1, 0.15) is 33.8 Å². The Morgan fingerprint density at radius 2 is 1.79 bits per heavy atom. The smallest absolute Gasteiger partial charge is 0.182 e. The molecule has 1 aromatic carbocycles. The Morgan fingerprint density at radius 3 is 2.42 bits per heavy atom. The molecule has 0 unspecified atom stereocenters. The van der Waals surface area contributed by atoms with Gasteiger partial charge in [-0.25, -0.2) is 0 Å². The molecule has 0 saturated heterocycles. The van der Waals surface area contributed by atoms with Gasteiger partial charge in [-0.3, -0.25) is 10.2 Å². The first-order valence-electron chi connectivity index (χ1n) is 8.26. The van der Waals surface area contributed by atoms with Gasteiger partial charge in [-0.2, -0.15) is 0 Å². The largest absolute Gasteiger partial charge is 0.313 e. The Balaban J connectivity index is 0.00000208. The number of aromatic nitrogens is 1. The number of Topliss-reactive ketones (excluding diaryl/α,β-unsaturated/α-hetero) is 1. The second kappa shape index (κ2) is 7.50. The summed E-state index contributed by atoms with van der Waals surface area (Å²) >= 11 is 1.54. The zero-order valence-corrected chi connectivity index (χ0v) is 18.0. The SMILES string of the molecule is Br.C[Si](C)(C)c1ccc(C(=O)Cn2c3c(sc2=N)CCCC3)cc1. The molecule has 0 saturated carbocycles. The van der Waals surface area contributed by atoms with E-state index in [1.54, 1.807) is 11.3 Å². The van der Waals surface area contributed by atoms with Crippen LogP contribution in [0.5, 0.6) is 0 Å². The number of ketones is 1. The summed E-state index contributed by atoms with van der Waals surface area (Å²) in [6, 6.07) is 8.13. The molecule has 6 heteroatoms. The van der Waals surface area contributed by atoms with Gasteiger partial charge in [-0.15, -0.1) is 28.3 Å². The van der Waals surface area contributed by atoms with E-state index in [2.05, 4.69) is 31.8 Å². The number of halogens is 1. The van der Waals surface area contributed by atoms with Gasteiger partial charge in [0.25, 0.3) is 0 Å². The molecule has 1 heterocycles. The molecule has 0 bridgehead atoms. The number of thiazole rings is 1. The number of hydrogen-bond acceptors (Lipinski definition) is 3. The quantitative estimate of drug-likeness (QED) is 0.586. The fraction of sp³-hybridized carbons (Fsp3) is 0.444. The molecule has 0 amide bonds. The average molecular weight is 425 g/mol. The molecule has 0 aliphatic heterocycles. The number of fused-ring (bicyclic) bond motifs is 1. The molecular formula is C18H25BrN2OSSi. The van der Waals surface area contributed by atoms with E-state index in [0.29, 0.717) is 11.3 Å². The second-order valence-corrected chi connectivity index (χ2v) is 13.5. The van der Waals surface area contributed by atoms with Crippen molar-refractivity contribution >= 4 is 47.4 Å². The summed E-state index contributed by atoms with van der Waals surface area (Å²) in [5.74, 6) is 0.108. The Morgan fingerprint density at radius 1 is 1.17 bits per heavy atom. The third-order valence-corrected chi connectivity index (χ3v) is 7.72. The fourth-order valence-corrected chi connectivity index (χ4v) is 5.37. The van der Waals surface area contributed by atoms with E-state index in [9.17, 15) is 4.79 Å². The number of nitrogens with one attached hydrogen (secondary N) is 1. The number of carbonyl (C=O) groups is 1. The van der Waals surface area contributed by atoms with Crippen LogP contribution in [0.15, 0.2) is 24.3 Å². The molecule has 3 nitrogen and oxygen atoms in total. The van der Waals surface area contributed by atoms with Crippen LogP contribution in [0.25, 0.3) is 0 Å². The van der Waals surface area contributed by atoms with Crippen molar-refractivity contribution in [3.63, 3.8) is 0 Å². The number of rotatable bonds is 4. The van der Waals surface area contributed by atoms with Gasteiger partial charge in [0.15, 0.2) is 10.6 Å². The summed E-state index contributed by atoms with van der Waals surface area (Å²) in [7, 11) is -1.33. The summed E-state index contributed by atoms with van der Waals surface area (Å²) in [6.07, 6.45) is 4.45. The first-order valence-corrected chi connectivity index (χ1v) is 12.6. The van der Waals surface area contributed by atoms with Crippen molar-refractivity contribution in [3.8, 4) is 0 Å². The van der Waals surface area contributed by atoms with Gasteiger partial charge in [0.2, 0.25) is 0 Å². The van der Waals surface area contributed by atoms with Crippen molar-refractivity contribution in [1.82, 2.24) is 4.57 Å². The standard InChI is InChI=1S/C18H24N2OSSi.BrH/c1-23(2,3)14-10-8-13(9-11-14)16(21)12-20-15-6-4-5-7-17(15)22-18(20)19;/h8-11,19H,4-7,12H2,1-3H3;1H. The molecule has 2 aromatic rings. The van der Waals surface area contributed by atoms with Crippen molar-refractivity contribution in [2.45, 2.75) is 51.9 Å². The van der Waals surface area contributed by atoms with Crippen LogP contribution < -0.4 is 9.99 Å². The molecule has 1 aliphatic carbocycles. The van der Waals surface area contributed by atoms with Gasteiger partial charge in [0, 0.05) is 16.1 Å². The summed E-state index contributed by atoms with van der Waals surface area (Å²) in [6.45, 7) is 7.23. The molecule has 0 spiro atoms. The van der Waals surface area contributed by atoms with E-state index >= 15 is 0 Å². The Bertz CT molecular complexity index is 787. The van der Waals surface area contributed by atoms with E-state index in [0.717, 1.165) is 18.4 Å². The molecule has 130 valence electrons. The monoisotopic (exact) mass is 424 g/mol. The van der Waals surface area contributed by atoms with Crippen LogP contribution in [-0.2, 0) is 19.4 Å². The minimum absolute atomic E-state index is 0. The highest BCUT2D eigenvalue weighted by Gasteiger charge is 2.20. The van der Waals surface area contributed by atoms with Gasteiger partial charge in [0.05, 0.1) is 14.6 Å². The normalized spacial score (nSPS) is 14.0. The molecule has 24 heavy (non-hydrogen) atoms. The molecule has 3 rings (SSSR count). The van der Waals surface area contributed by atoms with Gasteiger partial charge >= 0.3 is 0 Å². The van der Waals surface area contributed by atoms with Crippen molar-refractivity contribution in [1.29, 1.82) is 5.41 Å². The highest BCUT2D eigenvalue weighted by atomic mass is 79.9. The summed E-state index contributed by atoms with van der Waals surface area (Å²) in [4.78, 5) is 14.4. The fourth-order valence-electron chi connectivity index (χ4n) is 3.11. The molecule has 1 aromatic heterocycles. The lowest BCUT2D eigenvalue weighted by Gasteiger charge is -2.17. The van der Waals surface area contributed by atoms with Crippen LogP contribution in [0.4, 0.5) is 0 Å². The van der Waals surface area contributed by atoms with Crippen LogP contribution in [0, 0.1) is 5.41 Å². The number of carbonyl (C=O) groups excluding carboxylic acids is 1. The maximum atomic E-state index is 12.6. The number of hydrogen-bond donors (Lipinski definition) is 1. The predicted molar refractivity (Wildman–Crippen MR) is 109 cm³/mol. The summed E-state index contributed by atoms with van der Waals surface area (Å²) < 4.78 is 1.92. The summed E-state index contributed by atoms with van der Waals surface area (Å²) in [5, 5.41) is 9.54. The summed E-state index contributed by atoms with van der Waals surface area (Å²) in [5.41, 5.74) is 1.98. The van der Waals surface area contributed by atoms with Crippen molar-refractivity contribution in [2.75, 3.05) is 0 Å². The zero-order chi connectivity index (χ0) is 16.6. The van der Waals surface area contributed by atoms with Gasteiger partial charge in [-0.1, -0.05) is 49.1 Å². The number of aryl methyl sites for hydroxylation is 1. The maximum absolute atomic E-state index is 12.6. The zero-order valence-electron chi connectivity index (χ0n) is 14.5. The average Bonchev–Trinajstić information content (AvgIpc) is 2.82. The molecule has 1 N–H and O–H groups in total. The number of benzene rings is 1. The third kappa shape index (κ3) is 3.98. The van der Waals surface area contributed by atoms with E-state index in [1.165, 1.54) is 28.6 Å². The first-order chi connectivity index (χ1) is 10.9. The molecule has 1 aliphatic rings. The second-order valence-electron chi connectivity index (χ2n) is 7.32. The lowest BCUT2D eigenvalue weighted by Crippen LogP contribution is -2.37. The van der Waals surface area contributed by atoms with Crippen molar-refractivity contribution in [2.24, 2.45) is 0 Å². The number of nitrogens with zero attached hydrogens (tertiary/aromatic N) is 1. The topological polar surface area (TPSA) is 45.9 Å². The molecule has 0 fully saturated rings. The lowest BCUT2D eigenvalue weighted by molar-refractivity contribution is 0.0969. The van der Waals surface area contributed by atoms with Crippen molar-refractivity contribution < 1.29 is 4.79 Å². The van der Waals surface area contributed by atoms with Crippen LogP contribution in [0.2, 0.25) is 19.6 Å². The molecule has 0 atom stereocenters. The van der Waals surface area contributed by atoms with Gasteiger partial charge in [-0.05, 0) is 25.7 Å². The van der Waals surface area contributed by atoms with Crippen LogP contribution in [0.3, 0.4) is 0 Å². The molecular weight excluding hydrogens is 400 g/mol. The third-order valence-electron chi connectivity index (χ3n) is 4.55. The van der Waals surface area contributed by atoms with Gasteiger partial charge < -0.3 is 4.57 Å². The highest BCUT2D eigenvalue weighted by Crippen LogP contribution is 2.23. The maximum Gasteiger partial charge on any atom is 0.182 e. The minimum atomic E-state index is -1.33. The first kappa shape index (κ1) is 19.3. The van der Waals surface area contributed by atoms with E-state index in [1.807, 2.05) is 16.7 Å². The van der Waals surface area contributed by atoms with E-state index in [-0.39, 0.29) is 22.8 Å².